The molecule has 0 aromatic heterocycles. The summed E-state index contributed by atoms with van der Waals surface area (Å²) in [6, 6.07) is 26.6. The average molecular weight is 533 g/mol. The summed E-state index contributed by atoms with van der Waals surface area (Å²) in [6.45, 7) is 15.3. The Hall–Kier alpha value is -2.89. The first kappa shape index (κ1) is 35.1. The average Bonchev–Trinajstić information content (AvgIpc) is 2.98. The van der Waals surface area contributed by atoms with E-state index in [2.05, 4.69) is 48.3 Å². The third kappa shape index (κ3) is 12.6. The van der Waals surface area contributed by atoms with E-state index in [1.54, 1.807) is 17.8 Å². The Labute approximate surface area is 236 Å². The molecule has 0 amide bonds. The molecule has 0 heterocycles. The molecule has 1 atom stereocenters. The number of hydrogen-bond donors (Lipinski definition) is 3. The first-order chi connectivity index (χ1) is 18.7. The molecule has 206 valence electrons. The van der Waals surface area contributed by atoms with Gasteiger partial charge < -0.3 is 16.2 Å². The van der Waals surface area contributed by atoms with E-state index in [4.69, 9.17) is 5.73 Å². The highest BCUT2D eigenvalue weighted by Crippen LogP contribution is 2.32. The van der Waals surface area contributed by atoms with Crippen molar-refractivity contribution in [2.75, 3.05) is 13.6 Å². The fourth-order valence-electron chi connectivity index (χ4n) is 3.56. The lowest BCUT2D eigenvalue weighted by molar-refractivity contribution is 0.279. The van der Waals surface area contributed by atoms with Crippen molar-refractivity contribution in [3.05, 3.63) is 132 Å². The van der Waals surface area contributed by atoms with Crippen LogP contribution in [0, 0.1) is 0 Å². The summed E-state index contributed by atoms with van der Waals surface area (Å²) < 4.78 is 0. The van der Waals surface area contributed by atoms with Crippen molar-refractivity contribution in [2.45, 2.75) is 63.5 Å². The van der Waals surface area contributed by atoms with Crippen molar-refractivity contribution < 1.29 is 5.11 Å². The Bertz CT molecular complexity index is 1060. The number of nitrogens with two attached hydrogens (primary N) is 1. The fraction of sp³-hybridized carbons (Fsp3) is 0.294. The van der Waals surface area contributed by atoms with Crippen LogP contribution in [-0.2, 0) is 13.2 Å². The lowest BCUT2D eigenvalue weighted by atomic mass is 9.90. The van der Waals surface area contributed by atoms with E-state index < -0.39 is 0 Å². The Morgan fingerprint density at radius 1 is 0.895 bits per heavy atom. The van der Waals surface area contributed by atoms with Crippen LogP contribution >= 0.6 is 11.8 Å². The van der Waals surface area contributed by atoms with Gasteiger partial charge >= 0.3 is 0 Å². The predicted octanol–water partition coefficient (Wildman–Crippen LogP) is 8.52. The number of hydrogen-bond acceptors (Lipinski definition) is 4. The second kappa shape index (κ2) is 23.2. The molecule has 0 spiro atoms. The molecule has 0 radical (unpaired) electrons. The van der Waals surface area contributed by atoms with E-state index in [0.717, 1.165) is 17.0 Å². The van der Waals surface area contributed by atoms with Gasteiger partial charge in [0.1, 0.15) is 0 Å². The maximum Gasteiger partial charge on any atom is 0.0692 e. The molecule has 3 aromatic carbocycles. The quantitative estimate of drug-likeness (QED) is 0.229. The van der Waals surface area contributed by atoms with E-state index in [1.807, 2.05) is 102 Å². The van der Waals surface area contributed by atoms with Gasteiger partial charge in [0.05, 0.1) is 6.61 Å². The topological polar surface area (TPSA) is 58.3 Å². The smallest absolute Gasteiger partial charge is 0.0692 e. The maximum atomic E-state index is 9.34. The summed E-state index contributed by atoms with van der Waals surface area (Å²) in [7, 11) is 1.95. The monoisotopic (exact) mass is 532 g/mol. The fourth-order valence-corrected chi connectivity index (χ4v) is 4.62. The summed E-state index contributed by atoms with van der Waals surface area (Å²) in [6.07, 6.45) is 7.94. The number of benzene rings is 3. The van der Waals surface area contributed by atoms with Gasteiger partial charge in [0, 0.05) is 28.8 Å². The number of rotatable bonds is 10. The second-order valence-electron chi connectivity index (χ2n) is 7.61. The van der Waals surface area contributed by atoms with Crippen LogP contribution in [0.4, 0.5) is 0 Å². The molecule has 3 rings (SSSR count). The van der Waals surface area contributed by atoms with Gasteiger partial charge in [0.15, 0.2) is 0 Å². The van der Waals surface area contributed by atoms with E-state index in [0.29, 0.717) is 6.54 Å². The maximum absolute atomic E-state index is 9.34. The molecule has 0 saturated carbocycles. The summed E-state index contributed by atoms with van der Waals surface area (Å²) in [5.41, 5.74) is 10.6. The second-order valence-corrected chi connectivity index (χ2v) is 8.69. The number of nitrogens with one attached hydrogen (secondary N) is 1. The molecule has 4 N–H and O–H groups in total. The Morgan fingerprint density at radius 3 is 1.92 bits per heavy atom. The third-order valence-corrected chi connectivity index (χ3v) is 6.45. The van der Waals surface area contributed by atoms with E-state index in [9.17, 15) is 5.11 Å². The number of allylic oxidation sites excluding steroid dienone is 4. The standard InChI is InChI=1S/C15H17NOS.C15H19N.2C2H6/c1-16-10-12-6-2-4-8-14(12)18-15-9-5-3-7-13(15)11-17;1-3-8-13(9-4-2)15(12-16)14-10-6-5-7-11-14;2*1-2/h2-9,16-17H,10-11H2,1H3;3-11,15H,1,12,16H2,2H3;2*1-2H3/b;9-4-,13-8+;;. The molecule has 0 aliphatic rings. The summed E-state index contributed by atoms with van der Waals surface area (Å²) in [5.74, 6) is 0.246. The molecule has 0 fully saturated rings. The minimum Gasteiger partial charge on any atom is -0.392 e. The van der Waals surface area contributed by atoms with E-state index in [-0.39, 0.29) is 12.5 Å². The first-order valence-electron chi connectivity index (χ1n) is 13.5. The zero-order valence-electron chi connectivity index (χ0n) is 24.2. The highest BCUT2D eigenvalue weighted by Gasteiger charge is 2.11. The highest BCUT2D eigenvalue weighted by molar-refractivity contribution is 7.99. The lowest BCUT2D eigenvalue weighted by Gasteiger charge is -2.16. The van der Waals surface area contributed by atoms with Crippen molar-refractivity contribution in [1.82, 2.24) is 5.32 Å². The van der Waals surface area contributed by atoms with Crippen molar-refractivity contribution in [2.24, 2.45) is 5.73 Å². The van der Waals surface area contributed by atoms with Crippen LogP contribution in [0.5, 0.6) is 0 Å². The molecule has 4 heteroatoms. The zero-order chi connectivity index (χ0) is 28.6. The largest absolute Gasteiger partial charge is 0.392 e. The van der Waals surface area contributed by atoms with Gasteiger partial charge in [-0.2, -0.15) is 0 Å². The van der Waals surface area contributed by atoms with Crippen LogP contribution in [0.25, 0.3) is 0 Å². The molecule has 1 unspecified atom stereocenters. The van der Waals surface area contributed by atoms with Crippen LogP contribution in [-0.4, -0.2) is 18.7 Å². The van der Waals surface area contributed by atoms with Crippen LogP contribution < -0.4 is 11.1 Å². The van der Waals surface area contributed by atoms with Crippen LogP contribution in [0.3, 0.4) is 0 Å². The van der Waals surface area contributed by atoms with Gasteiger partial charge in [-0.3, -0.25) is 0 Å². The van der Waals surface area contributed by atoms with Crippen molar-refractivity contribution in [1.29, 1.82) is 0 Å². The van der Waals surface area contributed by atoms with Gasteiger partial charge in [0.25, 0.3) is 0 Å². The molecule has 0 aliphatic carbocycles. The third-order valence-electron chi connectivity index (χ3n) is 5.21. The minimum absolute atomic E-state index is 0.0807. The molecule has 3 nitrogen and oxygen atoms in total. The van der Waals surface area contributed by atoms with Gasteiger partial charge in [-0.05, 0) is 48.4 Å². The molecule has 0 bridgehead atoms. The van der Waals surface area contributed by atoms with E-state index in [1.165, 1.54) is 21.6 Å². The summed E-state index contributed by atoms with van der Waals surface area (Å²) in [5, 5.41) is 12.5. The van der Waals surface area contributed by atoms with Crippen molar-refractivity contribution in [3.63, 3.8) is 0 Å². The van der Waals surface area contributed by atoms with Crippen LogP contribution in [0.15, 0.2) is 125 Å². The van der Waals surface area contributed by atoms with Gasteiger partial charge in [-0.15, -0.1) is 0 Å². The zero-order valence-corrected chi connectivity index (χ0v) is 25.0. The number of aliphatic hydroxyl groups is 1. The Morgan fingerprint density at radius 2 is 1.42 bits per heavy atom. The molecule has 0 aliphatic heterocycles. The van der Waals surface area contributed by atoms with Gasteiger partial charge in [-0.25, -0.2) is 0 Å². The normalized spacial score (nSPS) is 11.2. The molecule has 38 heavy (non-hydrogen) atoms. The summed E-state index contributed by atoms with van der Waals surface area (Å²) >= 11 is 1.71. The van der Waals surface area contributed by atoms with Crippen molar-refractivity contribution >= 4 is 11.8 Å². The minimum atomic E-state index is 0.0807. The Kier molecular flexibility index (Phi) is 21.5. The van der Waals surface area contributed by atoms with Crippen LogP contribution in [0.2, 0.25) is 0 Å². The molecule has 0 saturated heterocycles. The molecular formula is C34H48N2OS. The highest BCUT2D eigenvalue weighted by atomic mass is 32.2. The lowest BCUT2D eigenvalue weighted by Crippen LogP contribution is -2.14. The number of aliphatic hydroxyl groups excluding tert-OH is 1. The SMILES string of the molecule is C=C/C=C(\C=C/C)C(CN)c1ccccc1.CC.CC.CNCc1ccccc1Sc1ccccc1CO. The van der Waals surface area contributed by atoms with Gasteiger partial charge in [0.2, 0.25) is 0 Å². The predicted molar refractivity (Wildman–Crippen MR) is 170 cm³/mol. The first-order valence-corrected chi connectivity index (χ1v) is 14.3. The molecule has 3 aromatic rings. The molecular weight excluding hydrogens is 484 g/mol. The summed E-state index contributed by atoms with van der Waals surface area (Å²) in [4.78, 5) is 2.34. The Balaban J connectivity index is 0.000000641. The van der Waals surface area contributed by atoms with E-state index >= 15 is 0 Å². The van der Waals surface area contributed by atoms with Gasteiger partial charge in [-0.1, -0.05) is 137 Å². The van der Waals surface area contributed by atoms with Crippen LogP contribution in [0.1, 0.15) is 57.2 Å². The van der Waals surface area contributed by atoms with Crippen molar-refractivity contribution in [3.8, 4) is 0 Å².